The molecule has 27 heavy (non-hydrogen) atoms. The zero-order valence-corrected chi connectivity index (χ0v) is 16.9. The summed E-state index contributed by atoms with van der Waals surface area (Å²) in [4.78, 5) is 12.4. The van der Waals surface area contributed by atoms with Gasteiger partial charge in [0.2, 0.25) is 15.9 Å². The van der Waals surface area contributed by atoms with E-state index in [1.54, 1.807) is 19.1 Å². The van der Waals surface area contributed by atoms with Crippen LogP contribution in [0.3, 0.4) is 0 Å². The van der Waals surface area contributed by atoms with Gasteiger partial charge >= 0.3 is 0 Å². The molecule has 2 N–H and O–H groups in total. The van der Waals surface area contributed by atoms with Crippen LogP contribution in [-0.2, 0) is 26.0 Å². The van der Waals surface area contributed by atoms with Gasteiger partial charge in [-0.2, -0.15) is 0 Å². The summed E-state index contributed by atoms with van der Waals surface area (Å²) in [7, 11) is -2.11. The van der Waals surface area contributed by atoms with E-state index in [-0.39, 0.29) is 29.9 Å². The summed E-state index contributed by atoms with van der Waals surface area (Å²) < 4.78 is 32.1. The monoisotopic (exact) mass is 390 g/mol. The van der Waals surface area contributed by atoms with Crippen molar-refractivity contribution in [3.8, 4) is 0 Å². The summed E-state index contributed by atoms with van der Waals surface area (Å²) in [5.74, 6) is -0.152. The zero-order valence-electron chi connectivity index (χ0n) is 16.1. The summed E-state index contributed by atoms with van der Waals surface area (Å²) in [5.41, 5.74) is 3.81. The van der Waals surface area contributed by atoms with Crippen LogP contribution in [0.15, 0.2) is 47.4 Å². The molecule has 1 atom stereocenters. The van der Waals surface area contributed by atoms with Crippen molar-refractivity contribution in [1.29, 1.82) is 0 Å². The van der Waals surface area contributed by atoms with Crippen molar-refractivity contribution in [2.45, 2.75) is 38.1 Å². The first kappa shape index (κ1) is 21.1. The fourth-order valence-corrected chi connectivity index (χ4v) is 3.87. The molecule has 2 rings (SSSR count). The third kappa shape index (κ3) is 6.16. The van der Waals surface area contributed by atoms with Gasteiger partial charge in [0, 0.05) is 18.8 Å². The lowest BCUT2D eigenvalue weighted by Gasteiger charge is -2.13. The summed E-state index contributed by atoms with van der Waals surface area (Å²) in [6.45, 7) is 6.05. The van der Waals surface area contributed by atoms with Crippen molar-refractivity contribution in [3.05, 3.63) is 59.2 Å². The van der Waals surface area contributed by atoms with Crippen LogP contribution in [0.5, 0.6) is 0 Å². The summed E-state index contributed by atoms with van der Waals surface area (Å²) >= 11 is 0. The molecule has 0 radical (unpaired) electrons. The molecule has 0 aliphatic rings. The van der Waals surface area contributed by atoms with E-state index in [0.29, 0.717) is 5.69 Å². The van der Waals surface area contributed by atoms with E-state index in [1.165, 1.54) is 24.8 Å². The average molecular weight is 391 g/mol. The molecule has 2 aromatic rings. The molecule has 0 spiro atoms. The van der Waals surface area contributed by atoms with E-state index >= 15 is 0 Å². The van der Waals surface area contributed by atoms with Gasteiger partial charge in [0.15, 0.2) is 0 Å². The van der Waals surface area contributed by atoms with Crippen LogP contribution in [0.2, 0.25) is 0 Å². The number of ether oxygens (including phenoxy) is 1. The molecular formula is C20H26N2O4S. The van der Waals surface area contributed by atoms with Gasteiger partial charge in [-0.05, 0) is 61.7 Å². The maximum Gasteiger partial charge on any atom is 0.240 e. The largest absolute Gasteiger partial charge is 0.383 e. The molecule has 0 bridgehead atoms. The van der Waals surface area contributed by atoms with Crippen LogP contribution < -0.4 is 10.0 Å². The number of aryl methyl sites for hydroxylation is 2. The molecule has 6 nitrogen and oxygen atoms in total. The zero-order chi connectivity index (χ0) is 20.0. The predicted octanol–water partition coefficient (Wildman–Crippen LogP) is 2.80. The third-order valence-electron chi connectivity index (χ3n) is 4.16. The second kappa shape index (κ2) is 9.12. The number of carbonyl (C=O) groups excluding carboxylic acids is 1. The van der Waals surface area contributed by atoms with E-state index in [2.05, 4.69) is 10.0 Å². The van der Waals surface area contributed by atoms with Crippen molar-refractivity contribution in [2.24, 2.45) is 0 Å². The Kier molecular flexibility index (Phi) is 7.12. The van der Waals surface area contributed by atoms with E-state index in [4.69, 9.17) is 4.74 Å². The Labute approximate surface area is 161 Å². The minimum absolute atomic E-state index is 0.137. The maximum absolute atomic E-state index is 12.3. The number of anilines is 1. The van der Waals surface area contributed by atoms with Gasteiger partial charge in [0.1, 0.15) is 0 Å². The molecule has 0 aliphatic heterocycles. The average Bonchev–Trinajstić information content (AvgIpc) is 2.58. The Morgan fingerprint density at radius 3 is 2.33 bits per heavy atom. The lowest BCUT2D eigenvalue weighted by Crippen LogP contribution is -2.35. The summed E-state index contributed by atoms with van der Waals surface area (Å²) in [5, 5.41) is 2.79. The van der Waals surface area contributed by atoms with Crippen molar-refractivity contribution in [1.82, 2.24) is 4.72 Å². The van der Waals surface area contributed by atoms with Crippen LogP contribution in [0.1, 0.15) is 23.6 Å². The first-order valence-corrected chi connectivity index (χ1v) is 10.2. The molecule has 7 heteroatoms. The summed E-state index contributed by atoms with van der Waals surface area (Å²) in [6, 6.07) is 11.7. The Morgan fingerprint density at radius 1 is 1.07 bits per heavy atom. The number of nitrogens with one attached hydrogen (secondary N) is 2. The number of carbonyl (C=O) groups is 1. The molecule has 0 aromatic heterocycles. The molecule has 0 aliphatic carbocycles. The number of rotatable bonds is 8. The van der Waals surface area contributed by atoms with Gasteiger partial charge in [0.05, 0.1) is 17.9 Å². The molecule has 0 fully saturated rings. The maximum atomic E-state index is 12.3. The van der Waals surface area contributed by atoms with Crippen LogP contribution in [0.25, 0.3) is 0 Å². The van der Waals surface area contributed by atoms with Crippen LogP contribution in [0, 0.1) is 13.8 Å². The Morgan fingerprint density at radius 2 is 1.74 bits per heavy atom. The second-order valence-electron chi connectivity index (χ2n) is 6.65. The predicted molar refractivity (Wildman–Crippen MR) is 106 cm³/mol. The standard InChI is InChI=1S/C20H26N2O4S/c1-14-5-6-17(11-15(14)2)12-20(23)21-18-7-9-19(10-8-18)27(24,25)22-16(3)13-26-4/h5-11,16,22H,12-13H2,1-4H3,(H,21,23)/t16-/m1/s1. The number of amides is 1. The minimum Gasteiger partial charge on any atom is -0.383 e. The normalized spacial score (nSPS) is 12.6. The highest BCUT2D eigenvalue weighted by Gasteiger charge is 2.17. The third-order valence-corrected chi connectivity index (χ3v) is 5.76. The van der Waals surface area contributed by atoms with Gasteiger partial charge in [0.25, 0.3) is 0 Å². The number of hydrogen-bond donors (Lipinski definition) is 2. The van der Waals surface area contributed by atoms with Crippen molar-refractivity contribution < 1.29 is 17.9 Å². The highest BCUT2D eigenvalue weighted by molar-refractivity contribution is 7.89. The number of sulfonamides is 1. The van der Waals surface area contributed by atoms with Gasteiger partial charge in [-0.1, -0.05) is 18.2 Å². The van der Waals surface area contributed by atoms with Gasteiger partial charge in [-0.3, -0.25) is 4.79 Å². The molecular weight excluding hydrogens is 364 g/mol. The van der Waals surface area contributed by atoms with Crippen LogP contribution in [-0.4, -0.2) is 34.1 Å². The minimum atomic E-state index is -3.63. The fraction of sp³-hybridized carbons (Fsp3) is 0.350. The molecule has 146 valence electrons. The smallest absolute Gasteiger partial charge is 0.240 e. The number of methoxy groups -OCH3 is 1. The SMILES string of the molecule is COC[C@@H](C)NS(=O)(=O)c1ccc(NC(=O)Cc2ccc(C)c(C)c2)cc1. The molecule has 0 saturated heterocycles. The highest BCUT2D eigenvalue weighted by Crippen LogP contribution is 2.16. The Hall–Kier alpha value is -2.22. The Bertz CT molecular complexity index is 893. The van der Waals surface area contributed by atoms with E-state index in [9.17, 15) is 13.2 Å². The van der Waals surface area contributed by atoms with Crippen LogP contribution >= 0.6 is 0 Å². The number of hydrogen-bond acceptors (Lipinski definition) is 4. The van der Waals surface area contributed by atoms with Gasteiger partial charge < -0.3 is 10.1 Å². The summed E-state index contributed by atoms with van der Waals surface area (Å²) in [6.07, 6.45) is 0.261. The van der Waals surface area contributed by atoms with Crippen molar-refractivity contribution >= 4 is 21.6 Å². The first-order chi connectivity index (χ1) is 12.7. The fourth-order valence-electron chi connectivity index (χ4n) is 2.64. The van der Waals surface area contributed by atoms with Crippen molar-refractivity contribution in [2.75, 3.05) is 19.0 Å². The topological polar surface area (TPSA) is 84.5 Å². The highest BCUT2D eigenvalue weighted by atomic mass is 32.2. The first-order valence-electron chi connectivity index (χ1n) is 8.68. The lowest BCUT2D eigenvalue weighted by molar-refractivity contribution is -0.115. The van der Waals surface area contributed by atoms with Crippen molar-refractivity contribution in [3.63, 3.8) is 0 Å². The lowest BCUT2D eigenvalue weighted by atomic mass is 10.0. The quantitative estimate of drug-likeness (QED) is 0.726. The van der Waals surface area contributed by atoms with E-state index < -0.39 is 10.0 Å². The molecule has 1 amide bonds. The van der Waals surface area contributed by atoms with E-state index in [0.717, 1.165) is 11.1 Å². The molecule has 0 unspecified atom stereocenters. The molecule has 0 heterocycles. The number of benzene rings is 2. The van der Waals surface area contributed by atoms with Crippen LogP contribution in [0.4, 0.5) is 5.69 Å². The Balaban J connectivity index is 2.00. The van der Waals surface area contributed by atoms with E-state index in [1.807, 2.05) is 32.0 Å². The second-order valence-corrected chi connectivity index (χ2v) is 8.36. The molecule has 0 saturated carbocycles. The molecule has 2 aromatic carbocycles. The van der Waals surface area contributed by atoms with Gasteiger partial charge in [-0.25, -0.2) is 13.1 Å². The van der Waals surface area contributed by atoms with Gasteiger partial charge in [-0.15, -0.1) is 0 Å².